The molecule has 2 rings (SSSR count). The number of hydrogen-bond acceptors (Lipinski definition) is 3. The molecule has 0 heterocycles. The summed E-state index contributed by atoms with van der Waals surface area (Å²) in [4.78, 5) is 14.7. The fraction of sp³-hybridized carbons (Fsp3) is 0.0667. The third kappa shape index (κ3) is 3.99. The van der Waals surface area contributed by atoms with Gasteiger partial charge in [-0.05, 0) is 30.3 Å². The first kappa shape index (κ1) is 16.8. The molecule has 0 aliphatic rings. The van der Waals surface area contributed by atoms with Gasteiger partial charge in [-0.3, -0.25) is 0 Å². The van der Waals surface area contributed by atoms with Gasteiger partial charge in [0.25, 0.3) is 0 Å². The van der Waals surface area contributed by atoms with Crippen molar-refractivity contribution in [2.75, 3.05) is 0 Å². The van der Waals surface area contributed by atoms with Crippen LogP contribution in [-0.2, 0) is 4.79 Å². The van der Waals surface area contributed by atoms with Gasteiger partial charge in [0.15, 0.2) is 0 Å². The smallest absolute Gasteiger partial charge is 0.355 e. The molecular weight excluding hydrogens is 349 g/mol. The van der Waals surface area contributed by atoms with Crippen molar-refractivity contribution >= 4 is 46.5 Å². The molecule has 1 atom stereocenters. The molecule has 22 heavy (non-hydrogen) atoms. The van der Waals surface area contributed by atoms with Crippen LogP contribution in [0.2, 0.25) is 15.1 Å². The lowest BCUT2D eigenvalue weighted by Gasteiger charge is -2.11. The molecule has 2 N–H and O–H groups in total. The van der Waals surface area contributed by atoms with Crippen LogP contribution in [0.4, 0.5) is 0 Å². The summed E-state index contributed by atoms with van der Waals surface area (Å²) < 4.78 is 0. The molecule has 0 saturated heterocycles. The average molecular weight is 359 g/mol. The minimum atomic E-state index is -1.91. The van der Waals surface area contributed by atoms with Gasteiger partial charge in [-0.1, -0.05) is 46.9 Å². The van der Waals surface area contributed by atoms with E-state index in [4.69, 9.17) is 39.9 Å². The van der Waals surface area contributed by atoms with E-state index in [-0.39, 0.29) is 5.71 Å². The Morgan fingerprint density at radius 1 is 1.00 bits per heavy atom. The number of benzene rings is 2. The van der Waals surface area contributed by atoms with E-state index in [0.29, 0.717) is 26.2 Å². The molecule has 0 radical (unpaired) electrons. The van der Waals surface area contributed by atoms with E-state index in [9.17, 15) is 9.90 Å². The minimum absolute atomic E-state index is 0.230. The van der Waals surface area contributed by atoms with Crippen LogP contribution in [0.3, 0.4) is 0 Å². The largest absolute Gasteiger partial charge is 0.478 e. The molecule has 0 amide bonds. The van der Waals surface area contributed by atoms with Gasteiger partial charge in [0, 0.05) is 21.2 Å². The van der Waals surface area contributed by atoms with Crippen LogP contribution in [-0.4, -0.2) is 28.1 Å². The number of aliphatic hydroxyl groups excluding tert-OH is 1. The molecule has 0 bridgehead atoms. The summed E-state index contributed by atoms with van der Waals surface area (Å²) in [7, 11) is 0. The van der Waals surface area contributed by atoms with E-state index < -0.39 is 12.2 Å². The summed E-state index contributed by atoms with van der Waals surface area (Å²) in [5.74, 6) is -1.46. The zero-order valence-electron chi connectivity index (χ0n) is 11.0. The number of aliphatic carboxylic acids is 1. The fourth-order valence-electron chi connectivity index (χ4n) is 1.77. The maximum absolute atomic E-state index is 10.9. The molecule has 0 aromatic heterocycles. The van der Waals surface area contributed by atoms with Gasteiger partial charge in [0.1, 0.15) is 0 Å². The number of nitrogens with zero attached hydrogens (tertiary/aromatic N) is 1. The van der Waals surface area contributed by atoms with Gasteiger partial charge in [-0.15, -0.1) is 0 Å². The molecule has 0 aliphatic carbocycles. The van der Waals surface area contributed by atoms with E-state index >= 15 is 0 Å². The summed E-state index contributed by atoms with van der Waals surface area (Å²) in [5.41, 5.74) is 1.25. The summed E-state index contributed by atoms with van der Waals surface area (Å²) in [6.45, 7) is 0. The van der Waals surface area contributed by atoms with Crippen molar-refractivity contribution in [3.8, 4) is 0 Å². The molecule has 4 nitrogen and oxygen atoms in total. The summed E-state index contributed by atoms with van der Waals surface area (Å²) in [6, 6.07) is 11.3. The van der Waals surface area contributed by atoms with Gasteiger partial charge >= 0.3 is 5.97 Å². The molecule has 2 aromatic carbocycles. The number of carboxylic acids is 1. The highest BCUT2D eigenvalue weighted by atomic mass is 35.5. The van der Waals surface area contributed by atoms with Gasteiger partial charge in [0.05, 0.1) is 10.7 Å². The lowest BCUT2D eigenvalue weighted by Crippen LogP contribution is -2.20. The number of carboxylic acid groups (broad SMARTS) is 1. The van der Waals surface area contributed by atoms with E-state index in [1.807, 2.05) is 0 Å². The molecule has 0 saturated carbocycles. The second-order valence-electron chi connectivity index (χ2n) is 4.32. The van der Waals surface area contributed by atoms with E-state index in [0.717, 1.165) is 0 Å². The second-order valence-corrected chi connectivity index (χ2v) is 5.60. The molecule has 0 spiro atoms. The lowest BCUT2D eigenvalue weighted by atomic mass is 10.0. The van der Waals surface area contributed by atoms with E-state index in [1.54, 1.807) is 36.4 Å². The third-order valence-electron chi connectivity index (χ3n) is 2.78. The number of halogens is 3. The Morgan fingerprint density at radius 2 is 1.59 bits per heavy atom. The molecular formula is C15H10Cl3NO3. The number of aliphatic hydroxyl groups is 1. The predicted octanol–water partition coefficient (Wildman–Crippen LogP) is 3.89. The fourth-order valence-corrected chi connectivity index (χ4v) is 2.39. The lowest BCUT2D eigenvalue weighted by molar-refractivity contribution is -0.146. The molecule has 0 aliphatic heterocycles. The predicted molar refractivity (Wildman–Crippen MR) is 87.2 cm³/mol. The molecule has 2 aromatic rings. The van der Waals surface area contributed by atoms with Gasteiger partial charge < -0.3 is 10.2 Å². The zero-order chi connectivity index (χ0) is 16.3. The Hall–Kier alpha value is -1.59. The van der Waals surface area contributed by atoms with E-state index in [1.165, 1.54) is 6.07 Å². The minimum Gasteiger partial charge on any atom is -0.478 e. The Labute approximate surface area is 141 Å². The van der Waals surface area contributed by atoms with Crippen molar-refractivity contribution in [1.29, 1.82) is 0 Å². The van der Waals surface area contributed by atoms with Crippen LogP contribution in [0.25, 0.3) is 0 Å². The first-order chi connectivity index (χ1) is 10.4. The highest BCUT2D eigenvalue weighted by Gasteiger charge is 2.17. The normalized spacial score (nSPS) is 13.0. The topological polar surface area (TPSA) is 69.9 Å². The number of rotatable bonds is 4. The van der Waals surface area contributed by atoms with Crippen LogP contribution in [0.1, 0.15) is 11.1 Å². The van der Waals surface area contributed by atoms with Gasteiger partial charge in [-0.25, -0.2) is 9.79 Å². The average Bonchev–Trinajstić information content (AvgIpc) is 2.46. The monoisotopic (exact) mass is 357 g/mol. The third-order valence-corrected chi connectivity index (χ3v) is 3.58. The van der Waals surface area contributed by atoms with Crippen LogP contribution in [0, 0.1) is 0 Å². The molecule has 114 valence electrons. The second kappa shape index (κ2) is 7.11. The Morgan fingerprint density at radius 3 is 2.14 bits per heavy atom. The van der Waals surface area contributed by atoms with Crippen LogP contribution in [0.15, 0.2) is 47.5 Å². The highest BCUT2D eigenvalue weighted by molar-refractivity contribution is 6.38. The first-order valence-electron chi connectivity index (χ1n) is 6.08. The van der Waals surface area contributed by atoms with Crippen LogP contribution >= 0.6 is 34.8 Å². The van der Waals surface area contributed by atoms with Crippen molar-refractivity contribution < 1.29 is 15.0 Å². The molecule has 7 heteroatoms. The van der Waals surface area contributed by atoms with Crippen LogP contribution in [0.5, 0.6) is 0 Å². The maximum atomic E-state index is 10.9. The van der Waals surface area contributed by atoms with Gasteiger partial charge in [-0.2, -0.15) is 0 Å². The highest BCUT2D eigenvalue weighted by Crippen LogP contribution is 2.25. The molecule has 0 fully saturated rings. The van der Waals surface area contributed by atoms with Crippen LogP contribution < -0.4 is 0 Å². The SMILES string of the molecule is O=C(O)C(O)N=C(c1ccc(Cl)cc1)c1ccc(Cl)cc1Cl. The Bertz CT molecular complexity index is 729. The quantitative estimate of drug-likeness (QED) is 0.815. The Kier molecular flexibility index (Phi) is 5.42. The van der Waals surface area contributed by atoms with Crippen molar-refractivity contribution in [1.82, 2.24) is 0 Å². The summed E-state index contributed by atoms with van der Waals surface area (Å²) in [5, 5.41) is 19.6. The number of aliphatic imine (C=N–C) groups is 1. The molecule has 1 unspecified atom stereocenters. The van der Waals surface area contributed by atoms with Crippen molar-refractivity contribution in [2.45, 2.75) is 6.23 Å². The van der Waals surface area contributed by atoms with Crippen molar-refractivity contribution in [2.24, 2.45) is 4.99 Å². The van der Waals surface area contributed by atoms with E-state index in [2.05, 4.69) is 4.99 Å². The maximum Gasteiger partial charge on any atom is 0.355 e. The summed E-state index contributed by atoms with van der Waals surface area (Å²) in [6.07, 6.45) is -1.91. The van der Waals surface area contributed by atoms with Crippen molar-refractivity contribution in [3.63, 3.8) is 0 Å². The zero-order valence-corrected chi connectivity index (χ0v) is 13.3. The van der Waals surface area contributed by atoms with Gasteiger partial charge in [0.2, 0.25) is 6.23 Å². The number of hydrogen-bond donors (Lipinski definition) is 2. The Balaban J connectivity index is 2.59. The van der Waals surface area contributed by atoms with Crippen molar-refractivity contribution in [3.05, 3.63) is 68.7 Å². The first-order valence-corrected chi connectivity index (χ1v) is 7.22. The number of carbonyl (C=O) groups is 1. The standard InChI is InChI=1S/C15H10Cl3NO3/c16-9-3-1-8(2-4-9)13(19-14(20)15(21)22)11-6-5-10(17)7-12(11)18/h1-7,14,20H,(H,21,22). The summed E-state index contributed by atoms with van der Waals surface area (Å²) >= 11 is 17.9.